The largest absolute Gasteiger partial charge is 0.321 e. The minimum atomic E-state index is -0.262. The molecule has 0 unspecified atom stereocenters. The number of nitrogens with zero attached hydrogens (tertiary/aromatic N) is 1. The number of pyridine rings is 1. The molecule has 19 heavy (non-hydrogen) atoms. The van der Waals surface area contributed by atoms with E-state index in [1.165, 1.54) is 0 Å². The fraction of sp³-hybridized carbons (Fsp3) is 0.250. The molecule has 0 saturated carbocycles. The van der Waals surface area contributed by atoms with Crippen molar-refractivity contribution in [3.63, 3.8) is 0 Å². The van der Waals surface area contributed by atoms with Crippen LogP contribution in [0.25, 0.3) is 11.3 Å². The van der Waals surface area contributed by atoms with E-state index in [0.29, 0.717) is 5.56 Å². The Bertz CT molecular complexity index is 708. The van der Waals surface area contributed by atoms with E-state index in [1.807, 2.05) is 30.3 Å². The molecule has 1 heterocycles. The molecule has 0 saturated heterocycles. The van der Waals surface area contributed by atoms with E-state index >= 15 is 0 Å². The first-order valence-electron chi connectivity index (χ1n) is 6.55. The standard InChI is InChI=1S/C16H14N2O/c17-10-14-12-8-4-5-9-13(12)15(18-16(14)19)11-6-2-1-3-7-11/h1-3,6-7H,4-5,8-9H2,(H,18,19). The molecule has 1 aliphatic carbocycles. The fourth-order valence-electron chi connectivity index (χ4n) is 2.82. The second-order valence-electron chi connectivity index (χ2n) is 4.85. The summed E-state index contributed by atoms with van der Waals surface area (Å²) in [5, 5.41) is 9.17. The quantitative estimate of drug-likeness (QED) is 0.846. The predicted octanol–water partition coefficient (Wildman–Crippen LogP) is 2.79. The fourth-order valence-corrected chi connectivity index (χ4v) is 2.82. The van der Waals surface area contributed by atoms with Gasteiger partial charge in [-0.25, -0.2) is 0 Å². The maximum atomic E-state index is 12.0. The first-order valence-corrected chi connectivity index (χ1v) is 6.55. The molecule has 2 aromatic rings. The predicted molar refractivity (Wildman–Crippen MR) is 73.9 cm³/mol. The van der Waals surface area contributed by atoms with Crippen LogP contribution >= 0.6 is 0 Å². The molecule has 3 heteroatoms. The Balaban J connectivity index is 2.30. The van der Waals surface area contributed by atoms with E-state index in [9.17, 15) is 4.79 Å². The Morgan fingerprint density at radius 2 is 1.74 bits per heavy atom. The average molecular weight is 250 g/mol. The number of nitrogens with one attached hydrogen (secondary N) is 1. The highest BCUT2D eigenvalue weighted by atomic mass is 16.1. The molecule has 3 rings (SSSR count). The van der Waals surface area contributed by atoms with Crippen LogP contribution in [0.3, 0.4) is 0 Å². The molecule has 3 nitrogen and oxygen atoms in total. The molecule has 0 amide bonds. The summed E-state index contributed by atoms with van der Waals surface area (Å²) in [4.78, 5) is 14.9. The highest BCUT2D eigenvalue weighted by molar-refractivity contribution is 5.66. The summed E-state index contributed by atoms with van der Waals surface area (Å²) < 4.78 is 0. The molecule has 1 aliphatic rings. The monoisotopic (exact) mass is 250 g/mol. The molecule has 94 valence electrons. The van der Waals surface area contributed by atoms with Gasteiger partial charge in [0.2, 0.25) is 0 Å². The van der Waals surface area contributed by atoms with E-state index in [0.717, 1.165) is 48.1 Å². The van der Waals surface area contributed by atoms with E-state index < -0.39 is 0 Å². The summed E-state index contributed by atoms with van der Waals surface area (Å²) in [6, 6.07) is 11.9. The number of H-pyrrole nitrogens is 1. The van der Waals surface area contributed by atoms with Crippen molar-refractivity contribution >= 4 is 0 Å². The maximum absolute atomic E-state index is 12.0. The molecule has 0 bridgehead atoms. The van der Waals surface area contributed by atoms with Crippen molar-refractivity contribution in [1.29, 1.82) is 5.26 Å². The van der Waals surface area contributed by atoms with Crippen molar-refractivity contribution in [1.82, 2.24) is 4.98 Å². The van der Waals surface area contributed by atoms with Crippen molar-refractivity contribution in [3.05, 3.63) is 57.4 Å². The van der Waals surface area contributed by atoms with Gasteiger partial charge in [0.15, 0.2) is 0 Å². The lowest BCUT2D eigenvalue weighted by Gasteiger charge is -2.20. The highest BCUT2D eigenvalue weighted by Gasteiger charge is 2.20. The van der Waals surface area contributed by atoms with Gasteiger partial charge in [-0.1, -0.05) is 30.3 Å². The average Bonchev–Trinajstić information content (AvgIpc) is 2.47. The van der Waals surface area contributed by atoms with E-state index in [-0.39, 0.29) is 5.56 Å². The van der Waals surface area contributed by atoms with Crippen LogP contribution in [0.2, 0.25) is 0 Å². The zero-order valence-electron chi connectivity index (χ0n) is 10.6. The van der Waals surface area contributed by atoms with Gasteiger partial charge in [-0.3, -0.25) is 4.79 Å². The smallest absolute Gasteiger partial charge is 0.266 e. The molecule has 1 aromatic carbocycles. The van der Waals surface area contributed by atoms with Gasteiger partial charge in [-0.15, -0.1) is 0 Å². The van der Waals surface area contributed by atoms with Crippen molar-refractivity contribution in [2.75, 3.05) is 0 Å². The van der Waals surface area contributed by atoms with Crippen LogP contribution in [0.15, 0.2) is 35.1 Å². The number of fused-ring (bicyclic) bond motifs is 1. The number of hydrogen-bond acceptors (Lipinski definition) is 2. The molecular formula is C16H14N2O. The Morgan fingerprint density at radius 1 is 1.05 bits per heavy atom. The lowest BCUT2D eigenvalue weighted by molar-refractivity contribution is 0.680. The lowest BCUT2D eigenvalue weighted by Crippen LogP contribution is -2.20. The first kappa shape index (κ1) is 11.7. The van der Waals surface area contributed by atoms with Crippen LogP contribution < -0.4 is 5.56 Å². The number of nitriles is 1. The molecule has 0 fully saturated rings. The molecular weight excluding hydrogens is 236 g/mol. The van der Waals surface area contributed by atoms with Gasteiger partial charge >= 0.3 is 0 Å². The van der Waals surface area contributed by atoms with Crippen LogP contribution in [0.5, 0.6) is 0 Å². The minimum Gasteiger partial charge on any atom is -0.321 e. The van der Waals surface area contributed by atoms with Crippen LogP contribution in [-0.4, -0.2) is 4.98 Å². The lowest BCUT2D eigenvalue weighted by atomic mass is 9.86. The second kappa shape index (κ2) is 4.74. The van der Waals surface area contributed by atoms with Gasteiger partial charge < -0.3 is 4.98 Å². The minimum absolute atomic E-state index is 0.262. The van der Waals surface area contributed by atoms with Gasteiger partial charge in [0.25, 0.3) is 5.56 Å². The molecule has 1 aromatic heterocycles. The Kier molecular flexibility index (Phi) is 2.92. The second-order valence-corrected chi connectivity index (χ2v) is 4.85. The number of benzene rings is 1. The number of rotatable bonds is 1. The number of hydrogen-bond donors (Lipinski definition) is 1. The summed E-state index contributed by atoms with van der Waals surface area (Å²) in [6.45, 7) is 0. The topological polar surface area (TPSA) is 56.6 Å². The van der Waals surface area contributed by atoms with E-state index in [2.05, 4.69) is 11.1 Å². The van der Waals surface area contributed by atoms with Crippen molar-refractivity contribution in [2.45, 2.75) is 25.7 Å². The Hall–Kier alpha value is -2.34. The zero-order valence-corrected chi connectivity index (χ0v) is 10.6. The summed E-state index contributed by atoms with van der Waals surface area (Å²) in [5.74, 6) is 0. The SMILES string of the molecule is N#Cc1c2c(c(-c3ccccc3)[nH]c1=O)CCCC2. The first-order chi connectivity index (χ1) is 9.31. The summed E-state index contributed by atoms with van der Waals surface area (Å²) in [5.41, 5.74) is 4.04. The van der Waals surface area contributed by atoms with Gasteiger partial charge in [0.1, 0.15) is 11.6 Å². The van der Waals surface area contributed by atoms with Crippen molar-refractivity contribution in [3.8, 4) is 17.3 Å². The number of aromatic amines is 1. The number of aromatic nitrogens is 1. The molecule has 0 atom stereocenters. The van der Waals surface area contributed by atoms with E-state index in [4.69, 9.17) is 5.26 Å². The Morgan fingerprint density at radius 3 is 2.42 bits per heavy atom. The maximum Gasteiger partial charge on any atom is 0.266 e. The van der Waals surface area contributed by atoms with Crippen LogP contribution in [-0.2, 0) is 12.8 Å². The Labute approximate surface area is 111 Å². The third-order valence-corrected chi connectivity index (χ3v) is 3.71. The summed E-state index contributed by atoms with van der Waals surface area (Å²) in [6.07, 6.45) is 3.94. The van der Waals surface area contributed by atoms with Gasteiger partial charge in [0, 0.05) is 0 Å². The molecule has 0 aliphatic heterocycles. The van der Waals surface area contributed by atoms with Crippen molar-refractivity contribution in [2.24, 2.45) is 0 Å². The van der Waals surface area contributed by atoms with Gasteiger partial charge in [0.05, 0.1) is 5.69 Å². The summed E-state index contributed by atoms with van der Waals surface area (Å²) >= 11 is 0. The molecule has 0 spiro atoms. The zero-order chi connectivity index (χ0) is 13.2. The molecule has 0 radical (unpaired) electrons. The highest BCUT2D eigenvalue weighted by Crippen LogP contribution is 2.30. The van der Waals surface area contributed by atoms with Crippen LogP contribution in [0.4, 0.5) is 0 Å². The molecule has 1 N–H and O–H groups in total. The van der Waals surface area contributed by atoms with Crippen molar-refractivity contribution < 1.29 is 0 Å². The third kappa shape index (κ3) is 1.96. The van der Waals surface area contributed by atoms with E-state index in [1.54, 1.807) is 0 Å². The third-order valence-electron chi connectivity index (χ3n) is 3.71. The normalized spacial score (nSPS) is 13.6. The summed E-state index contributed by atoms with van der Waals surface area (Å²) in [7, 11) is 0. The van der Waals surface area contributed by atoms with Gasteiger partial charge in [-0.2, -0.15) is 5.26 Å². The van der Waals surface area contributed by atoms with Gasteiger partial charge in [-0.05, 0) is 42.4 Å². The van der Waals surface area contributed by atoms with Crippen LogP contribution in [0, 0.1) is 11.3 Å². The van der Waals surface area contributed by atoms with Crippen LogP contribution in [0.1, 0.15) is 29.5 Å².